The molecule has 0 radical (unpaired) electrons. The molecule has 21 heavy (non-hydrogen) atoms. The molecule has 0 spiro atoms. The maximum atomic E-state index is 12.3. The number of carbonyl (C=O) groups is 1. The molecule has 0 aliphatic rings. The molecule has 0 saturated heterocycles. The minimum Gasteiger partial charge on any atom is -0.462 e. The molecule has 0 aliphatic heterocycles. The van der Waals surface area contributed by atoms with E-state index in [0.717, 1.165) is 6.20 Å². The molecule has 0 atom stereocenters. The summed E-state index contributed by atoms with van der Waals surface area (Å²) in [7, 11) is -4.03. The maximum absolute atomic E-state index is 12.3. The lowest BCUT2D eigenvalue weighted by Crippen LogP contribution is -2.18. The van der Waals surface area contributed by atoms with Gasteiger partial charge in [-0.3, -0.25) is 9.82 Å². The van der Waals surface area contributed by atoms with E-state index in [1.165, 1.54) is 12.3 Å². The molecule has 0 bridgehead atoms. The fourth-order valence-electron chi connectivity index (χ4n) is 1.49. The van der Waals surface area contributed by atoms with Gasteiger partial charge in [-0.05, 0) is 35.0 Å². The highest BCUT2D eigenvalue weighted by atomic mass is 79.9. The number of pyridine rings is 1. The number of ether oxygens (including phenoxy) is 1. The van der Waals surface area contributed by atoms with Crippen molar-refractivity contribution in [2.24, 2.45) is 0 Å². The number of hydrogen-bond acceptors (Lipinski definition) is 6. The Morgan fingerprint density at radius 1 is 1.52 bits per heavy atom. The monoisotopic (exact) mass is 374 g/mol. The SMILES string of the molecule is CCOC(=O)c1cn[nH]c1S(=O)(=O)Nc1cccnc1Br. The summed E-state index contributed by atoms with van der Waals surface area (Å²) in [4.78, 5) is 15.6. The van der Waals surface area contributed by atoms with Crippen LogP contribution in [0, 0.1) is 0 Å². The average molecular weight is 375 g/mol. The first-order valence-corrected chi connectivity index (χ1v) is 8.07. The van der Waals surface area contributed by atoms with Gasteiger partial charge in [0.1, 0.15) is 10.2 Å². The van der Waals surface area contributed by atoms with Crippen LogP contribution in [0.4, 0.5) is 5.69 Å². The largest absolute Gasteiger partial charge is 0.462 e. The Labute approximate surface area is 129 Å². The van der Waals surface area contributed by atoms with E-state index in [1.807, 2.05) is 0 Å². The highest BCUT2D eigenvalue weighted by Gasteiger charge is 2.26. The van der Waals surface area contributed by atoms with Crippen molar-refractivity contribution in [3.8, 4) is 0 Å². The summed E-state index contributed by atoms with van der Waals surface area (Å²) in [6.45, 7) is 1.75. The quantitative estimate of drug-likeness (QED) is 0.605. The summed E-state index contributed by atoms with van der Waals surface area (Å²) >= 11 is 3.13. The van der Waals surface area contributed by atoms with Crippen LogP contribution in [-0.4, -0.2) is 36.2 Å². The van der Waals surface area contributed by atoms with Crippen LogP contribution in [0.1, 0.15) is 17.3 Å². The van der Waals surface area contributed by atoms with E-state index in [1.54, 1.807) is 13.0 Å². The molecule has 0 aromatic carbocycles. The normalized spacial score (nSPS) is 11.1. The fourth-order valence-corrected chi connectivity index (χ4v) is 3.13. The summed E-state index contributed by atoms with van der Waals surface area (Å²) in [5.41, 5.74) is 0.0753. The third-order valence-corrected chi connectivity index (χ3v) is 4.34. The second-order valence-electron chi connectivity index (χ2n) is 3.78. The third kappa shape index (κ3) is 3.39. The zero-order valence-electron chi connectivity index (χ0n) is 10.8. The molecule has 0 amide bonds. The average Bonchev–Trinajstić information content (AvgIpc) is 2.92. The first-order valence-electron chi connectivity index (χ1n) is 5.79. The number of hydrogen-bond donors (Lipinski definition) is 2. The molecule has 2 heterocycles. The van der Waals surface area contributed by atoms with E-state index in [9.17, 15) is 13.2 Å². The van der Waals surface area contributed by atoms with Crippen molar-refractivity contribution < 1.29 is 17.9 Å². The number of H-pyrrole nitrogens is 1. The fraction of sp³-hybridized carbons (Fsp3) is 0.182. The van der Waals surface area contributed by atoms with Gasteiger partial charge in [0.05, 0.1) is 18.5 Å². The predicted octanol–water partition coefficient (Wildman–Crippen LogP) is 1.54. The lowest BCUT2D eigenvalue weighted by molar-refractivity contribution is 0.0522. The van der Waals surface area contributed by atoms with Crippen LogP contribution in [0.25, 0.3) is 0 Å². The number of aromatic amines is 1. The summed E-state index contributed by atoms with van der Waals surface area (Å²) in [6, 6.07) is 3.09. The summed E-state index contributed by atoms with van der Waals surface area (Å²) in [5, 5.41) is 5.51. The van der Waals surface area contributed by atoms with E-state index in [4.69, 9.17) is 4.74 Å². The summed E-state index contributed by atoms with van der Waals surface area (Å²) < 4.78 is 32.0. The Hall–Kier alpha value is -1.94. The molecule has 10 heteroatoms. The van der Waals surface area contributed by atoms with Gasteiger partial charge >= 0.3 is 5.97 Å². The predicted molar refractivity (Wildman–Crippen MR) is 77.3 cm³/mol. The van der Waals surface area contributed by atoms with Crippen molar-refractivity contribution in [1.29, 1.82) is 0 Å². The first kappa shape index (κ1) is 15.4. The second-order valence-corrected chi connectivity index (χ2v) is 6.15. The Balaban J connectivity index is 2.35. The number of anilines is 1. The van der Waals surface area contributed by atoms with Crippen LogP contribution in [0.2, 0.25) is 0 Å². The zero-order chi connectivity index (χ0) is 15.5. The van der Waals surface area contributed by atoms with Gasteiger partial charge in [-0.1, -0.05) is 0 Å². The van der Waals surface area contributed by atoms with Crippen molar-refractivity contribution in [1.82, 2.24) is 15.2 Å². The third-order valence-electron chi connectivity index (χ3n) is 2.37. The molecular weight excluding hydrogens is 364 g/mol. The summed E-state index contributed by atoms with van der Waals surface area (Å²) in [6.07, 6.45) is 2.60. The van der Waals surface area contributed by atoms with Crippen molar-refractivity contribution in [2.75, 3.05) is 11.3 Å². The van der Waals surface area contributed by atoms with Crippen LogP contribution in [0.15, 0.2) is 34.2 Å². The van der Waals surface area contributed by atoms with Crippen LogP contribution < -0.4 is 4.72 Å². The van der Waals surface area contributed by atoms with Gasteiger partial charge in [0.2, 0.25) is 0 Å². The highest BCUT2D eigenvalue weighted by molar-refractivity contribution is 9.10. The van der Waals surface area contributed by atoms with Crippen LogP contribution in [0.3, 0.4) is 0 Å². The van der Waals surface area contributed by atoms with Gasteiger partial charge in [0.15, 0.2) is 5.03 Å². The number of rotatable bonds is 5. The molecular formula is C11H11BrN4O4S. The van der Waals surface area contributed by atoms with Gasteiger partial charge in [0.25, 0.3) is 10.0 Å². The van der Waals surface area contributed by atoms with Crippen molar-refractivity contribution >= 4 is 37.6 Å². The van der Waals surface area contributed by atoms with Gasteiger partial charge in [-0.15, -0.1) is 0 Å². The molecule has 2 N–H and O–H groups in total. The Bertz CT molecular complexity index is 759. The molecule has 0 saturated carbocycles. The van der Waals surface area contributed by atoms with Gasteiger partial charge in [-0.2, -0.15) is 13.5 Å². The summed E-state index contributed by atoms with van der Waals surface area (Å²) in [5.74, 6) is -0.767. The molecule has 2 rings (SSSR count). The molecule has 2 aromatic heterocycles. The van der Waals surface area contributed by atoms with E-state index >= 15 is 0 Å². The minimum absolute atomic E-state index is 0.130. The number of esters is 1. The first-order chi connectivity index (χ1) is 9.95. The number of aromatic nitrogens is 3. The van der Waals surface area contributed by atoms with Crippen molar-refractivity contribution in [3.05, 3.63) is 34.7 Å². The van der Waals surface area contributed by atoms with Gasteiger partial charge < -0.3 is 4.74 Å². The van der Waals surface area contributed by atoms with Crippen LogP contribution in [-0.2, 0) is 14.8 Å². The Kier molecular flexibility index (Phi) is 4.58. The van der Waals surface area contributed by atoms with Gasteiger partial charge in [0, 0.05) is 6.20 Å². The van der Waals surface area contributed by atoms with E-state index < -0.39 is 16.0 Å². The smallest absolute Gasteiger partial charge is 0.342 e. The molecule has 112 valence electrons. The van der Waals surface area contributed by atoms with E-state index in [0.29, 0.717) is 4.60 Å². The molecule has 0 unspecified atom stereocenters. The highest BCUT2D eigenvalue weighted by Crippen LogP contribution is 2.23. The van der Waals surface area contributed by atoms with E-state index in [-0.39, 0.29) is 22.9 Å². The lowest BCUT2D eigenvalue weighted by Gasteiger charge is -2.08. The molecule has 0 fully saturated rings. The molecule has 8 nitrogen and oxygen atoms in total. The standard InChI is InChI=1S/C11H11BrN4O4S/c1-2-20-11(17)7-6-14-15-10(7)21(18,19)16-8-4-3-5-13-9(8)12/h3-6,16H,2H2,1H3,(H,14,15). The minimum atomic E-state index is -4.03. The maximum Gasteiger partial charge on any atom is 0.342 e. The second kappa shape index (κ2) is 6.22. The van der Waals surface area contributed by atoms with Crippen LogP contribution in [0.5, 0.6) is 0 Å². The molecule has 2 aromatic rings. The Morgan fingerprint density at radius 3 is 2.95 bits per heavy atom. The van der Waals surface area contributed by atoms with E-state index in [2.05, 4.69) is 35.8 Å². The Morgan fingerprint density at radius 2 is 2.29 bits per heavy atom. The lowest BCUT2D eigenvalue weighted by atomic mass is 10.4. The van der Waals surface area contributed by atoms with Crippen molar-refractivity contribution in [3.63, 3.8) is 0 Å². The van der Waals surface area contributed by atoms with Crippen molar-refractivity contribution in [2.45, 2.75) is 11.9 Å². The molecule has 0 aliphatic carbocycles. The van der Waals surface area contributed by atoms with Crippen LogP contribution >= 0.6 is 15.9 Å². The zero-order valence-corrected chi connectivity index (χ0v) is 13.2. The number of carbonyl (C=O) groups excluding carboxylic acids is 1. The number of sulfonamides is 1. The number of nitrogens with one attached hydrogen (secondary N) is 2. The number of halogens is 1. The van der Waals surface area contributed by atoms with Gasteiger partial charge in [-0.25, -0.2) is 9.78 Å². The topological polar surface area (TPSA) is 114 Å². The number of nitrogens with zero attached hydrogens (tertiary/aromatic N) is 2.